The Labute approximate surface area is 188 Å². The number of benzene rings is 3. The zero-order valence-corrected chi connectivity index (χ0v) is 18.0. The lowest BCUT2D eigenvalue weighted by Crippen LogP contribution is -2.21. The zero-order chi connectivity index (χ0) is 22.3. The summed E-state index contributed by atoms with van der Waals surface area (Å²) in [5.41, 5.74) is 1.14. The summed E-state index contributed by atoms with van der Waals surface area (Å²) in [6, 6.07) is 9.30. The molecular formula is C22H13BrClF3N2O2. The molecule has 0 aromatic heterocycles. The Morgan fingerprint density at radius 3 is 2.61 bits per heavy atom. The Morgan fingerprint density at radius 1 is 1.10 bits per heavy atom. The molecule has 1 unspecified atom stereocenters. The number of rotatable bonds is 4. The SMILES string of the molecule is O=C(Nc1cc(Br)cc2c1C(c1cc(F)ccc1Cl)NC2=O)c1cc(F)cc(CF)c1. The van der Waals surface area contributed by atoms with Crippen LogP contribution in [0.4, 0.5) is 18.9 Å². The van der Waals surface area contributed by atoms with Crippen molar-refractivity contribution < 1.29 is 22.8 Å². The number of amides is 2. The van der Waals surface area contributed by atoms with Crippen LogP contribution < -0.4 is 10.6 Å². The summed E-state index contributed by atoms with van der Waals surface area (Å²) < 4.78 is 41.1. The Balaban J connectivity index is 1.79. The predicted molar refractivity (Wildman–Crippen MR) is 114 cm³/mol. The predicted octanol–water partition coefficient (Wildman–Crippen LogP) is 5.94. The molecule has 0 radical (unpaired) electrons. The van der Waals surface area contributed by atoms with Gasteiger partial charge in [-0.05, 0) is 54.1 Å². The van der Waals surface area contributed by atoms with E-state index < -0.39 is 36.2 Å². The van der Waals surface area contributed by atoms with Crippen molar-refractivity contribution in [3.05, 3.63) is 97.5 Å². The first kappa shape index (κ1) is 21.4. The third-order valence-electron chi connectivity index (χ3n) is 4.84. The second kappa shape index (κ2) is 8.36. The van der Waals surface area contributed by atoms with Crippen molar-refractivity contribution in [2.75, 3.05) is 5.32 Å². The third kappa shape index (κ3) is 4.18. The van der Waals surface area contributed by atoms with Crippen LogP contribution in [-0.4, -0.2) is 11.8 Å². The second-order valence-corrected chi connectivity index (χ2v) is 8.25. The topological polar surface area (TPSA) is 58.2 Å². The first-order valence-electron chi connectivity index (χ1n) is 9.03. The van der Waals surface area contributed by atoms with Crippen LogP contribution in [0.5, 0.6) is 0 Å². The van der Waals surface area contributed by atoms with E-state index in [-0.39, 0.29) is 27.4 Å². The summed E-state index contributed by atoms with van der Waals surface area (Å²) in [6.07, 6.45) is 0. The van der Waals surface area contributed by atoms with Gasteiger partial charge in [-0.15, -0.1) is 0 Å². The van der Waals surface area contributed by atoms with E-state index in [0.717, 1.165) is 12.1 Å². The van der Waals surface area contributed by atoms with Crippen LogP contribution in [0.25, 0.3) is 0 Å². The molecule has 0 aliphatic carbocycles. The summed E-state index contributed by atoms with van der Waals surface area (Å²) in [6.45, 7) is -0.928. The van der Waals surface area contributed by atoms with Gasteiger partial charge in [0, 0.05) is 37.4 Å². The number of hydrogen-bond acceptors (Lipinski definition) is 2. The summed E-state index contributed by atoms with van der Waals surface area (Å²) in [7, 11) is 0. The van der Waals surface area contributed by atoms with Gasteiger partial charge >= 0.3 is 0 Å². The van der Waals surface area contributed by atoms with Crippen LogP contribution in [0.1, 0.15) is 43.4 Å². The van der Waals surface area contributed by atoms with E-state index in [1.807, 2.05) is 0 Å². The number of hydrogen-bond donors (Lipinski definition) is 2. The van der Waals surface area contributed by atoms with Crippen molar-refractivity contribution in [2.45, 2.75) is 12.7 Å². The van der Waals surface area contributed by atoms with Gasteiger partial charge in [0.1, 0.15) is 18.3 Å². The maximum Gasteiger partial charge on any atom is 0.255 e. The van der Waals surface area contributed by atoms with E-state index in [1.54, 1.807) is 12.1 Å². The molecule has 4 rings (SSSR count). The van der Waals surface area contributed by atoms with Crippen LogP contribution in [-0.2, 0) is 6.67 Å². The van der Waals surface area contributed by atoms with E-state index in [4.69, 9.17) is 11.6 Å². The van der Waals surface area contributed by atoms with Gasteiger partial charge in [-0.25, -0.2) is 13.2 Å². The highest BCUT2D eigenvalue weighted by molar-refractivity contribution is 9.10. The van der Waals surface area contributed by atoms with Crippen molar-refractivity contribution in [3.8, 4) is 0 Å². The summed E-state index contributed by atoms with van der Waals surface area (Å²) in [5, 5.41) is 5.62. The van der Waals surface area contributed by atoms with Gasteiger partial charge in [-0.2, -0.15) is 0 Å². The Kier molecular flexibility index (Phi) is 5.77. The quantitative estimate of drug-likeness (QED) is 0.458. The van der Waals surface area contributed by atoms with Gasteiger partial charge in [-0.3, -0.25) is 9.59 Å². The number of nitrogens with one attached hydrogen (secondary N) is 2. The fraction of sp³-hybridized carbons (Fsp3) is 0.0909. The molecule has 2 N–H and O–H groups in total. The average Bonchev–Trinajstić information content (AvgIpc) is 3.05. The molecule has 0 saturated carbocycles. The molecule has 0 fully saturated rings. The van der Waals surface area contributed by atoms with Gasteiger partial charge in [-0.1, -0.05) is 27.5 Å². The molecule has 0 spiro atoms. The molecule has 3 aromatic carbocycles. The minimum Gasteiger partial charge on any atom is -0.341 e. The summed E-state index contributed by atoms with van der Waals surface area (Å²) >= 11 is 9.53. The number of carbonyl (C=O) groups excluding carboxylic acids is 2. The Morgan fingerprint density at radius 2 is 1.87 bits per heavy atom. The summed E-state index contributed by atoms with van der Waals surface area (Å²) in [4.78, 5) is 25.3. The van der Waals surface area contributed by atoms with E-state index in [2.05, 4.69) is 26.6 Å². The second-order valence-electron chi connectivity index (χ2n) is 6.92. The lowest BCUT2D eigenvalue weighted by molar-refractivity contribution is 0.0959. The molecular weight excluding hydrogens is 497 g/mol. The normalized spacial score (nSPS) is 14.9. The fourth-order valence-corrected chi connectivity index (χ4v) is 4.21. The molecule has 1 heterocycles. The maximum absolute atomic E-state index is 13.9. The highest BCUT2D eigenvalue weighted by Crippen LogP contribution is 2.41. The average molecular weight is 510 g/mol. The first-order chi connectivity index (χ1) is 14.8. The Bertz CT molecular complexity index is 1240. The highest BCUT2D eigenvalue weighted by Gasteiger charge is 2.34. The largest absolute Gasteiger partial charge is 0.341 e. The van der Waals surface area contributed by atoms with Gasteiger partial charge in [0.05, 0.1) is 6.04 Å². The van der Waals surface area contributed by atoms with Crippen molar-refractivity contribution in [3.63, 3.8) is 0 Å². The lowest BCUT2D eigenvalue weighted by Gasteiger charge is -2.18. The summed E-state index contributed by atoms with van der Waals surface area (Å²) in [5.74, 6) is -2.41. The Hall–Kier alpha value is -2.84. The van der Waals surface area contributed by atoms with Crippen molar-refractivity contribution >= 4 is 45.0 Å². The third-order valence-corrected chi connectivity index (χ3v) is 5.65. The fourth-order valence-electron chi connectivity index (χ4n) is 3.52. The van der Waals surface area contributed by atoms with Crippen molar-refractivity contribution in [1.82, 2.24) is 5.32 Å². The minimum atomic E-state index is -0.928. The van der Waals surface area contributed by atoms with Gasteiger partial charge in [0.2, 0.25) is 0 Å². The standard InChI is InChI=1S/C22H13BrClF3N2O2/c23-12-6-16-19(20(29-22(16)31)15-8-13(26)1-2-17(15)24)18(7-12)28-21(30)11-3-10(9-25)4-14(27)5-11/h1-8,20H,9H2,(H,28,30)(H,29,31). The van der Waals surface area contributed by atoms with Crippen molar-refractivity contribution in [1.29, 1.82) is 0 Å². The number of anilines is 1. The van der Waals surface area contributed by atoms with Crippen LogP contribution in [0.3, 0.4) is 0 Å². The molecule has 0 bridgehead atoms. The lowest BCUT2D eigenvalue weighted by atomic mass is 9.96. The molecule has 3 aromatic rings. The zero-order valence-electron chi connectivity index (χ0n) is 15.6. The van der Waals surface area contributed by atoms with E-state index >= 15 is 0 Å². The van der Waals surface area contributed by atoms with Gasteiger partial charge in [0.15, 0.2) is 0 Å². The molecule has 1 aliphatic heterocycles. The molecule has 9 heteroatoms. The number of halogens is 5. The van der Waals surface area contributed by atoms with Crippen LogP contribution in [0.2, 0.25) is 5.02 Å². The smallest absolute Gasteiger partial charge is 0.255 e. The molecule has 2 amide bonds. The maximum atomic E-state index is 13.9. The molecule has 31 heavy (non-hydrogen) atoms. The highest BCUT2D eigenvalue weighted by atomic mass is 79.9. The van der Waals surface area contributed by atoms with E-state index in [1.165, 1.54) is 24.3 Å². The van der Waals surface area contributed by atoms with Crippen LogP contribution in [0, 0.1) is 11.6 Å². The monoisotopic (exact) mass is 508 g/mol. The molecule has 158 valence electrons. The molecule has 4 nitrogen and oxygen atoms in total. The molecule has 1 atom stereocenters. The van der Waals surface area contributed by atoms with Crippen LogP contribution >= 0.6 is 27.5 Å². The van der Waals surface area contributed by atoms with Gasteiger partial charge < -0.3 is 10.6 Å². The number of fused-ring (bicyclic) bond motifs is 1. The van der Waals surface area contributed by atoms with E-state index in [0.29, 0.717) is 15.6 Å². The minimum absolute atomic E-state index is 0.0193. The number of carbonyl (C=O) groups is 2. The van der Waals surface area contributed by atoms with Crippen LogP contribution in [0.15, 0.2) is 53.0 Å². The molecule has 0 saturated heterocycles. The van der Waals surface area contributed by atoms with Gasteiger partial charge in [0.25, 0.3) is 11.8 Å². The number of alkyl halides is 1. The van der Waals surface area contributed by atoms with E-state index in [9.17, 15) is 22.8 Å². The molecule has 1 aliphatic rings. The van der Waals surface area contributed by atoms with Crippen molar-refractivity contribution in [2.24, 2.45) is 0 Å². The first-order valence-corrected chi connectivity index (χ1v) is 10.2.